The Morgan fingerprint density at radius 1 is 0.839 bits per heavy atom. The maximum Gasteiger partial charge on any atom is 0.253 e. The molecule has 31 heavy (non-hydrogen) atoms. The van der Waals surface area contributed by atoms with Gasteiger partial charge in [-0.15, -0.1) is 0 Å². The molecule has 3 aromatic carbocycles. The normalized spacial score (nSPS) is 14.2. The molecule has 0 unspecified atom stereocenters. The highest BCUT2D eigenvalue weighted by Crippen LogP contribution is 2.24. The van der Waals surface area contributed by atoms with Crippen LogP contribution in [0.2, 0.25) is 0 Å². The van der Waals surface area contributed by atoms with Gasteiger partial charge >= 0.3 is 0 Å². The number of rotatable bonds is 5. The van der Waals surface area contributed by atoms with Crippen molar-refractivity contribution in [1.82, 2.24) is 4.90 Å². The molecule has 4 rings (SSSR count). The van der Waals surface area contributed by atoms with Crippen LogP contribution in [0.25, 0.3) is 0 Å². The van der Waals surface area contributed by atoms with E-state index in [2.05, 4.69) is 5.32 Å². The van der Waals surface area contributed by atoms with Crippen molar-refractivity contribution in [2.75, 3.05) is 18.4 Å². The molecule has 0 aromatic heterocycles. The SMILES string of the molecule is Cc1ccc(C(=O)N2CCC(C(=O)Nc3ccc(Oc4ccccc4)cc3)CC2)cc1. The van der Waals surface area contributed by atoms with E-state index in [-0.39, 0.29) is 17.7 Å². The van der Waals surface area contributed by atoms with Gasteiger partial charge in [-0.3, -0.25) is 9.59 Å². The summed E-state index contributed by atoms with van der Waals surface area (Å²) in [6.45, 7) is 3.19. The Kier molecular flexibility index (Phi) is 6.32. The molecule has 5 heteroatoms. The van der Waals surface area contributed by atoms with Crippen LogP contribution in [0.5, 0.6) is 11.5 Å². The van der Waals surface area contributed by atoms with E-state index in [9.17, 15) is 9.59 Å². The molecular weight excluding hydrogens is 388 g/mol. The summed E-state index contributed by atoms with van der Waals surface area (Å²) in [6.07, 6.45) is 1.33. The fraction of sp³-hybridized carbons (Fsp3) is 0.231. The Balaban J connectivity index is 1.28. The minimum absolute atomic E-state index is 0.000775. The van der Waals surface area contributed by atoms with Gasteiger partial charge in [-0.25, -0.2) is 0 Å². The first-order valence-corrected chi connectivity index (χ1v) is 10.6. The van der Waals surface area contributed by atoms with Crippen LogP contribution in [0.4, 0.5) is 5.69 Å². The van der Waals surface area contributed by atoms with E-state index in [4.69, 9.17) is 4.74 Å². The second kappa shape index (κ2) is 9.47. The van der Waals surface area contributed by atoms with Gasteiger partial charge in [0, 0.05) is 30.3 Å². The van der Waals surface area contributed by atoms with Crippen molar-refractivity contribution in [3.8, 4) is 11.5 Å². The zero-order valence-corrected chi connectivity index (χ0v) is 17.6. The molecule has 1 N–H and O–H groups in total. The number of hydrogen-bond acceptors (Lipinski definition) is 3. The number of carbonyl (C=O) groups is 2. The Hall–Kier alpha value is -3.60. The van der Waals surface area contributed by atoms with E-state index in [1.807, 2.05) is 90.7 Å². The van der Waals surface area contributed by atoms with Gasteiger partial charge in [-0.05, 0) is 68.3 Å². The van der Waals surface area contributed by atoms with Crippen LogP contribution in [-0.2, 0) is 4.79 Å². The predicted octanol–water partition coefficient (Wildman–Crippen LogP) is 5.28. The van der Waals surface area contributed by atoms with Crippen molar-refractivity contribution in [1.29, 1.82) is 0 Å². The van der Waals surface area contributed by atoms with E-state index >= 15 is 0 Å². The third-order valence-corrected chi connectivity index (χ3v) is 5.55. The molecule has 1 aliphatic heterocycles. The molecule has 0 aliphatic carbocycles. The summed E-state index contributed by atoms with van der Waals surface area (Å²) in [7, 11) is 0. The summed E-state index contributed by atoms with van der Waals surface area (Å²) >= 11 is 0. The highest BCUT2D eigenvalue weighted by atomic mass is 16.5. The highest BCUT2D eigenvalue weighted by Gasteiger charge is 2.27. The molecule has 1 heterocycles. The van der Waals surface area contributed by atoms with Gasteiger partial charge in [0.25, 0.3) is 5.91 Å². The van der Waals surface area contributed by atoms with Gasteiger partial charge in [0.2, 0.25) is 5.91 Å². The Labute approximate surface area is 182 Å². The number of para-hydroxylation sites is 1. The number of benzene rings is 3. The number of carbonyl (C=O) groups excluding carboxylic acids is 2. The van der Waals surface area contributed by atoms with Crippen LogP contribution in [0.1, 0.15) is 28.8 Å². The Morgan fingerprint density at radius 3 is 2.10 bits per heavy atom. The second-order valence-electron chi connectivity index (χ2n) is 7.86. The molecule has 1 fully saturated rings. The number of piperidine rings is 1. The average molecular weight is 415 g/mol. The van der Waals surface area contributed by atoms with Gasteiger partial charge in [0.1, 0.15) is 11.5 Å². The number of nitrogens with zero attached hydrogens (tertiary/aromatic N) is 1. The number of amides is 2. The molecule has 1 aliphatic rings. The van der Waals surface area contributed by atoms with Crippen molar-refractivity contribution in [2.45, 2.75) is 19.8 Å². The largest absolute Gasteiger partial charge is 0.457 e. The first-order valence-electron chi connectivity index (χ1n) is 10.6. The topological polar surface area (TPSA) is 58.6 Å². The number of hydrogen-bond donors (Lipinski definition) is 1. The lowest BCUT2D eigenvalue weighted by Gasteiger charge is -2.31. The summed E-state index contributed by atoms with van der Waals surface area (Å²) < 4.78 is 5.78. The first-order chi connectivity index (χ1) is 15.1. The van der Waals surface area contributed by atoms with Gasteiger partial charge in [-0.2, -0.15) is 0 Å². The van der Waals surface area contributed by atoms with E-state index in [1.54, 1.807) is 0 Å². The fourth-order valence-corrected chi connectivity index (χ4v) is 3.70. The fourth-order valence-electron chi connectivity index (χ4n) is 3.70. The molecule has 3 aromatic rings. The smallest absolute Gasteiger partial charge is 0.253 e. The molecule has 158 valence electrons. The van der Waals surface area contributed by atoms with Gasteiger partial charge < -0.3 is 15.0 Å². The predicted molar refractivity (Wildman–Crippen MR) is 121 cm³/mol. The Bertz CT molecular complexity index is 1020. The van der Waals surface area contributed by atoms with Crippen molar-refractivity contribution in [3.63, 3.8) is 0 Å². The van der Waals surface area contributed by atoms with Crippen molar-refractivity contribution in [2.24, 2.45) is 5.92 Å². The minimum atomic E-state index is -0.0951. The molecule has 0 atom stereocenters. The zero-order chi connectivity index (χ0) is 21.6. The molecular formula is C26H26N2O3. The first kappa shape index (κ1) is 20.7. The summed E-state index contributed by atoms with van der Waals surface area (Å²) in [5.74, 6) is 1.42. The standard InChI is InChI=1S/C26H26N2O3/c1-19-7-9-21(10-8-19)26(30)28-17-15-20(16-18-28)25(29)27-22-11-13-24(14-12-22)31-23-5-3-2-4-6-23/h2-14,20H,15-18H2,1H3,(H,27,29). The van der Waals surface area contributed by atoms with Crippen LogP contribution >= 0.6 is 0 Å². The van der Waals surface area contributed by atoms with Gasteiger partial charge in [0.15, 0.2) is 0 Å². The summed E-state index contributed by atoms with van der Waals surface area (Å²) in [6, 6.07) is 24.5. The van der Waals surface area contributed by atoms with Crippen molar-refractivity contribution in [3.05, 3.63) is 90.0 Å². The molecule has 0 radical (unpaired) electrons. The molecule has 1 saturated heterocycles. The van der Waals surface area contributed by atoms with Crippen LogP contribution < -0.4 is 10.1 Å². The number of anilines is 1. The Morgan fingerprint density at radius 2 is 1.45 bits per heavy atom. The number of aryl methyl sites for hydroxylation is 1. The number of likely N-dealkylation sites (tertiary alicyclic amines) is 1. The molecule has 0 saturated carbocycles. The van der Waals surface area contributed by atoms with E-state index in [0.29, 0.717) is 37.2 Å². The highest BCUT2D eigenvalue weighted by molar-refractivity contribution is 5.95. The lowest BCUT2D eigenvalue weighted by atomic mass is 9.95. The quantitative estimate of drug-likeness (QED) is 0.618. The molecule has 0 bridgehead atoms. The lowest BCUT2D eigenvalue weighted by Crippen LogP contribution is -2.41. The van der Waals surface area contributed by atoms with Crippen molar-refractivity contribution < 1.29 is 14.3 Å². The molecule has 2 amide bonds. The minimum Gasteiger partial charge on any atom is -0.457 e. The van der Waals surface area contributed by atoms with Crippen LogP contribution in [0.3, 0.4) is 0 Å². The average Bonchev–Trinajstić information content (AvgIpc) is 2.81. The van der Waals surface area contributed by atoms with Crippen LogP contribution in [-0.4, -0.2) is 29.8 Å². The monoisotopic (exact) mass is 414 g/mol. The summed E-state index contributed by atoms with van der Waals surface area (Å²) in [4.78, 5) is 27.2. The third-order valence-electron chi connectivity index (χ3n) is 5.55. The van der Waals surface area contributed by atoms with E-state index in [1.165, 1.54) is 0 Å². The van der Waals surface area contributed by atoms with Gasteiger partial charge in [0.05, 0.1) is 0 Å². The van der Waals surface area contributed by atoms with E-state index in [0.717, 1.165) is 17.0 Å². The summed E-state index contributed by atoms with van der Waals surface area (Å²) in [5, 5.41) is 2.99. The van der Waals surface area contributed by atoms with Crippen molar-refractivity contribution >= 4 is 17.5 Å². The van der Waals surface area contributed by atoms with Gasteiger partial charge in [-0.1, -0.05) is 35.9 Å². The molecule has 5 nitrogen and oxygen atoms in total. The van der Waals surface area contributed by atoms with Crippen LogP contribution in [0, 0.1) is 12.8 Å². The molecule has 0 spiro atoms. The van der Waals surface area contributed by atoms with E-state index < -0.39 is 0 Å². The number of nitrogens with one attached hydrogen (secondary N) is 1. The maximum atomic E-state index is 12.7. The zero-order valence-electron chi connectivity index (χ0n) is 17.6. The number of ether oxygens (including phenoxy) is 1. The summed E-state index contributed by atoms with van der Waals surface area (Å²) in [5.41, 5.74) is 2.57. The third kappa shape index (κ3) is 5.31. The van der Waals surface area contributed by atoms with Crippen LogP contribution in [0.15, 0.2) is 78.9 Å². The second-order valence-corrected chi connectivity index (χ2v) is 7.86. The lowest BCUT2D eigenvalue weighted by molar-refractivity contribution is -0.121. The maximum absolute atomic E-state index is 12.7.